The Kier molecular flexibility index (Phi) is 12.3. The van der Waals surface area contributed by atoms with Gasteiger partial charge in [0, 0.05) is 0 Å². The van der Waals surface area contributed by atoms with Crippen LogP contribution in [0.15, 0.2) is 0 Å². The van der Waals surface area contributed by atoms with Gasteiger partial charge in [0.15, 0.2) is 0 Å². The van der Waals surface area contributed by atoms with Crippen LogP contribution < -0.4 is 0 Å². The van der Waals surface area contributed by atoms with Gasteiger partial charge in [-0.1, -0.05) is 71.6 Å². The highest BCUT2D eigenvalue weighted by Crippen LogP contribution is 2.45. The molecule has 0 aromatic heterocycles. The lowest BCUT2D eigenvalue weighted by atomic mass is 10.1. The highest BCUT2D eigenvalue weighted by Gasteiger charge is 2.24. The molecule has 0 unspecified atom stereocenters. The van der Waals surface area contributed by atoms with Crippen molar-refractivity contribution < 1.29 is 9.53 Å². The standard InChI is InChI=1S/C17H34BrClO2S/c1-17(2,18)16(20)21-14-12-10-8-6-5-7-9-11-13-15-22(3,4)19/h5-15H2,1-4H3. The van der Waals surface area contributed by atoms with Gasteiger partial charge < -0.3 is 4.74 Å². The minimum atomic E-state index is -0.816. The van der Waals surface area contributed by atoms with Crippen molar-refractivity contribution in [3.05, 3.63) is 0 Å². The molecule has 0 heterocycles. The maximum Gasteiger partial charge on any atom is 0.322 e. The lowest BCUT2D eigenvalue weighted by Gasteiger charge is -2.21. The van der Waals surface area contributed by atoms with Crippen LogP contribution in [0.3, 0.4) is 0 Å². The fourth-order valence-electron chi connectivity index (χ4n) is 2.12. The zero-order chi connectivity index (χ0) is 17.1. The van der Waals surface area contributed by atoms with E-state index in [0.717, 1.165) is 12.8 Å². The molecule has 0 aliphatic rings. The lowest BCUT2D eigenvalue weighted by molar-refractivity contribution is -0.145. The average Bonchev–Trinajstić information content (AvgIpc) is 2.37. The molecule has 0 aromatic rings. The number of alkyl halides is 1. The Balaban J connectivity index is 3.23. The molecule has 134 valence electrons. The molecule has 0 aliphatic carbocycles. The molecule has 0 radical (unpaired) electrons. The summed E-state index contributed by atoms with van der Waals surface area (Å²) in [5.74, 6) is 1.02. The molecule has 0 fully saturated rings. The summed E-state index contributed by atoms with van der Waals surface area (Å²) in [6, 6.07) is 0. The average molecular weight is 418 g/mol. The van der Waals surface area contributed by atoms with Gasteiger partial charge in [0.05, 0.1) is 6.61 Å². The molecule has 0 aromatic carbocycles. The first kappa shape index (κ1) is 22.6. The molecule has 0 bridgehead atoms. The van der Waals surface area contributed by atoms with Crippen LogP contribution in [0.2, 0.25) is 0 Å². The van der Waals surface area contributed by atoms with Gasteiger partial charge in [0.1, 0.15) is 4.32 Å². The first-order chi connectivity index (χ1) is 10.1. The number of hydrogen-bond donors (Lipinski definition) is 0. The van der Waals surface area contributed by atoms with Crippen molar-refractivity contribution in [3.8, 4) is 0 Å². The van der Waals surface area contributed by atoms with Gasteiger partial charge in [-0.2, -0.15) is 9.24 Å². The van der Waals surface area contributed by atoms with E-state index in [1.165, 1.54) is 50.7 Å². The molecule has 2 nitrogen and oxygen atoms in total. The van der Waals surface area contributed by atoms with Crippen molar-refractivity contribution >= 4 is 41.8 Å². The van der Waals surface area contributed by atoms with Crippen LogP contribution in [0.25, 0.3) is 0 Å². The summed E-state index contributed by atoms with van der Waals surface area (Å²) in [5.41, 5.74) is 0. The van der Waals surface area contributed by atoms with E-state index in [1.54, 1.807) is 0 Å². The van der Waals surface area contributed by atoms with Crippen LogP contribution in [-0.2, 0) is 9.53 Å². The Morgan fingerprint density at radius 2 is 1.36 bits per heavy atom. The third-order valence-corrected chi connectivity index (χ3v) is 5.54. The molecule has 0 N–H and O–H groups in total. The molecule has 22 heavy (non-hydrogen) atoms. The largest absolute Gasteiger partial charge is 0.465 e. The molecule has 0 saturated carbocycles. The maximum absolute atomic E-state index is 11.5. The smallest absolute Gasteiger partial charge is 0.322 e. The second-order valence-electron chi connectivity index (χ2n) is 6.90. The van der Waals surface area contributed by atoms with Gasteiger partial charge in [0.25, 0.3) is 0 Å². The summed E-state index contributed by atoms with van der Waals surface area (Å²) in [6.07, 6.45) is 15.6. The topological polar surface area (TPSA) is 26.3 Å². The van der Waals surface area contributed by atoms with Crippen LogP contribution in [0.5, 0.6) is 0 Å². The molecule has 0 atom stereocenters. The number of unbranched alkanes of at least 4 members (excludes halogenated alkanes) is 8. The summed E-state index contributed by atoms with van der Waals surface area (Å²) in [6.45, 7) is 4.17. The molecule has 0 amide bonds. The van der Waals surface area contributed by atoms with Crippen molar-refractivity contribution in [2.45, 2.75) is 76.0 Å². The number of hydrogen-bond acceptors (Lipinski definition) is 2. The molecule has 5 heteroatoms. The predicted molar refractivity (Wildman–Crippen MR) is 106 cm³/mol. The first-order valence-corrected chi connectivity index (χ1v) is 12.6. The van der Waals surface area contributed by atoms with Gasteiger partial charge in [-0.25, -0.2) is 0 Å². The number of ether oxygens (including phenoxy) is 1. The highest BCUT2D eigenvalue weighted by atomic mass is 79.9. The van der Waals surface area contributed by atoms with Crippen LogP contribution in [0.4, 0.5) is 0 Å². The number of rotatable bonds is 13. The fraction of sp³-hybridized carbons (Fsp3) is 0.941. The van der Waals surface area contributed by atoms with Crippen LogP contribution in [0.1, 0.15) is 71.6 Å². The Hall–Kier alpha value is 0.590. The zero-order valence-corrected chi connectivity index (χ0v) is 17.9. The number of carbonyl (C=O) groups excluding carboxylic acids is 1. The van der Waals surface area contributed by atoms with Gasteiger partial charge >= 0.3 is 5.97 Å². The quantitative estimate of drug-likeness (QED) is 0.196. The van der Waals surface area contributed by atoms with Crippen molar-refractivity contribution in [2.75, 3.05) is 24.9 Å². The van der Waals surface area contributed by atoms with E-state index < -0.39 is 13.6 Å². The molecule has 0 saturated heterocycles. The van der Waals surface area contributed by atoms with Crippen molar-refractivity contribution in [1.82, 2.24) is 0 Å². The van der Waals surface area contributed by atoms with Crippen LogP contribution >= 0.6 is 35.9 Å². The molecule has 0 rings (SSSR count). The predicted octanol–water partition coefficient (Wildman–Crippen LogP) is 6.43. The second-order valence-corrected chi connectivity index (χ2v) is 14.6. The fourth-order valence-corrected chi connectivity index (χ4v) is 3.45. The Morgan fingerprint density at radius 1 is 0.955 bits per heavy atom. The van der Waals surface area contributed by atoms with E-state index in [0.29, 0.717) is 6.61 Å². The van der Waals surface area contributed by atoms with Crippen LogP contribution in [-0.4, -0.2) is 35.2 Å². The van der Waals surface area contributed by atoms with Gasteiger partial charge in [-0.15, -0.1) is 0 Å². The summed E-state index contributed by atoms with van der Waals surface area (Å²) >= 11 is 3.30. The Bertz CT molecular complexity index is 298. The van der Waals surface area contributed by atoms with Gasteiger partial charge in [-0.05, 0) is 45.0 Å². The summed E-state index contributed by atoms with van der Waals surface area (Å²) in [5, 5.41) is 0. The highest BCUT2D eigenvalue weighted by molar-refractivity contribution is 9.10. The number of halogens is 2. The minimum absolute atomic E-state index is 0.172. The number of carbonyl (C=O) groups is 1. The summed E-state index contributed by atoms with van der Waals surface area (Å²) < 4.78 is 4.65. The summed E-state index contributed by atoms with van der Waals surface area (Å²) in [4.78, 5) is 11.5. The van der Waals surface area contributed by atoms with Crippen molar-refractivity contribution in [2.24, 2.45) is 0 Å². The Morgan fingerprint density at radius 3 is 1.77 bits per heavy atom. The molecular formula is C17H34BrClO2S. The lowest BCUT2D eigenvalue weighted by Crippen LogP contribution is -2.26. The third-order valence-electron chi connectivity index (χ3n) is 3.49. The minimum Gasteiger partial charge on any atom is -0.465 e. The zero-order valence-electron chi connectivity index (χ0n) is 14.8. The SMILES string of the molecule is CC(C)(Br)C(=O)OCCCCCCCCCCCS(C)(C)Cl. The molecule has 0 aliphatic heterocycles. The van der Waals surface area contributed by atoms with Crippen LogP contribution in [0, 0.1) is 0 Å². The van der Waals surface area contributed by atoms with Crippen molar-refractivity contribution in [1.29, 1.82) is 0 Å². The first-order valence-electron chi connectivity index (χ1n) is 8.40. The van der Waals surface area contributed by atoms with E-state index in [-0.39, 0.29) is 5.97 Å². The molecule has 0 spiro atoms. The van der Waals surface area contributed by atoms with E-state index in [4.69, 9.17) is 15.4 Å². The Labute approximate surface area is 152 Å². The second kappa shape index (κ2) is 12.0. The van der Waals surface area contributed by atoms with E-state index in [9.17, 15) is 4.79 Å². The van der Waals surface area contributed by atoms with E-state index in [2.05, 4.69) is 28.4 Å². The van der Waals surface area contributed by atoms with E-state index in [1.807, 2.05) is 13.8 Å². The molecular weight excluding hydrogens is 384 g/mol. The van der Waals surface area contributed by atoms with Crippen molar-refractivity contribution in [3.63, 3.8) is 0 Å². The third kappa shape index (κ3) is 15.5. The maximum atomic E-state index is 11.5. The van der Waals surface area contributed by atoms with Gasteiger partial charge in [0.2, 0.25) is 0 Å². The summed E-state index contributed by atoms with van der Waals surface area (Å²) in [7, 11) is 5.43. The normalized spacial score (nSPS) is 13.2. The van der Waals surface area contributed by atoms with Gasteiger partial charge in [-0.3, -0.25) is 4.79 Å². The van der Waals surface area contributed by atoms with E-state index >= 15 is 0 Å². The number of esters is 1. The monoisotopic (exact) mass is 416 g/mol.